The Morgan fingerprint density at radius 1 is 1.37 bits per heavy atom. The van der Waals surface area contributed by atoms with Crippen LogP contribution in [0.4, 0.5) is 10.7 Å². The average Bonchev–Trinajstić information content (AvgIpc) is 3.36. The number of nitro groups is 1. The number of hydrogen-bond acceptors (Lipinski definition) is 9. The smallest absolute Gasteiger partial charge is 0.277 e. The first-order chi connectivity index (χ1) is 14.5. The lowest BCUT2D eigenvalue weighted by Crippen LogP contribution is -2.14. The second-order valence-corrected chi connectivity index (χ2v) is 8.58. The van der Waals surface area contributed by atoms with E-state index in [4.69, 9.17) is 4.42 Å². The largest absolute Gasteiger partial charge is 0.411 e. The molecule has 0 saturated heterocycles. The summed E-state index contributed by atoms with van der Waals surface area (Å²) in [4.78, 5) is 23.9. The minimum Gasteiger partial charge on any atom is -0.411 e. The van der Waals surface area contributed by atoms with E-state index < -0.39 is 4.92 Å². The summed E-state index contributed by atoms with van der Waals surface area (Å²) in [6, 6.07) is 8.10. The fraction of sp³-hybridized carbons (Fsp3) is 0.263. The van der Waals surface area contributed by atoms with Gasteiger partial charge in [-0.25, -0.2) is 0 Å². The summed E-state index contributed by atoms with van der Waals surface area (Å²) in [6.07, 6.45) is 3.99. The molecule has 0 spiro atoms. The van der Waals surface area contributed by atoms with Crippen molar-refractivity contribution in [3.63, 3.8) is 0 Å². The summed E-state index contributed by atoms with van der Waals surface area (Å²) in [7, 11) is 0. The van der Waals surface area contributed by atoms with Gasteiger partial charge in [0.2, 0.25) is 11.8 Å². The van der Waals surface area contributed by atoms with E-state index in [9.17, 15) is 20.2 Å². The molecular weight excluding hydrogens is 426 g/mol. The van der Waals surface area contributed by atoms with Crippen LogP contribution >= 0.6 is 23.1 Å². The molecule has 0 saturated carbocycles. The summed E-state index contributed by atoms with van der Waals surface area (Å²) in [5.41, 5.74) is 1.98. The number of aromatic nitrogens is 2. The third-order valence-electron chi connectivity index (χ3n) is 4.57. The number of rotatable bonds is 6. The second kappa shape index (κ2) is 8.64. The zero-order valence-corrected chi connectivity index (χ0v) is 17.2. The van der Waals surface area contributed by atoms with Gasteiger partial charge in [0, 0.05) is 22.6 Å². The number of nitrogens with one attached hydrogen (secondary N) is 1. The lowest BCUT2D eigenvalue weighted by Gasteiger charge is -2.09. The highest BCUT2D eigenvalue weighted by Crippen LogP contribution is 2.37. The van der Waals surface area contributed by atoms with E-state index in [1.165, 1.54) is 34.4 Å². The second-order valence-electron chi connectivity index (χ2n) is 6.54. The molecule has 0 bridgehead atoms. The zero-order chi connectivity index (χ0) is 21.1. The van der Waals surface area contributed by atoms with Crippen LogP contribution in [0.25, 0.3) is 11.5 Å². The van der Waals surface area contributed by atoms with E-state index in [0.717, 1.165) is 43.0 Å². The van der Waals surface area contributed by atoms with Crippen molar-refractivity contribution in [3.05, 3.63) is 50.4 Å². The van der Waals surface area contributed by atoms with E-state index >= 15 is 0 Å². The molecule has 2 heterocycles. The fourth-order valence-electron chi connectivity index (χ4n) is 3.20. The maximum Gasteiger partial charge on any atom is 0.277 e. The SMILES string of the molecule is N#Cc1c(NC(=O)CSc2nnc(-c3cccc([N+](=O)[O-])c3)o2)sc2c1CCCC2. The molecule has 0 fully saturated rings. The van der Waals surface area contributed by atoms with E-state index in [1.807, 2.05) is 0 Å². The molecule has 2 aromatic heterocycles. The van der Waals surface area contributed by atoms with Crippen LogP contribution in [0.3, 0.4) is 0 Å². The van der Waals surface area contributed by atoms with Crippen molar-refractivity contribution in [1.29, 1.82) is 5.26 Å². The monoisotopic (exact) mass is 441 g/mol. The number of carbonyl (C=O) groups excluding carboxylic acids is 1. The van der Waals surface area contributed by atoms with Gasteiger partial charge in [0.05, 0.1) is 16.2 Å². The van der Waals surface area contributed by atoms with Crippen LogP contribution in [0.1, 0.15) is 28.8 Å². The number of thiophene rings is 1. The minimum absolute atomic E-state index is 0.0318. The highest BCUT2D eigenvalue weighted by atomic mass is 32.2. The molecule has 4 rings (SSSR count). The van der Waals surface area contributed by atoms with Gasteiger partial charge in [0.1, 0.15) is 11.1 Å². The molecule has 152 valence electrons. The van der Waals surface area contributed by atoms with Crippen molar-refractivity contribution in [3.8, 4) is 17.5 Å². The number of anilines is 1. The summed E-state index contributed by atoms with van der Waals surface area (Å²) in [5.74, 6) is -0.103. The van der Waals surface area contributed by atoms with Crippen molar-refractivity contribution >= 4 is 39.7 Å². The van der Waals surface area contributed by atoms with Crippen molar-refractivity contribution in [2.45, 2.75) is 30.9 Å². The molecular formula is C19H15N5O4S2. The number of amides is 1. The number of carbonyl (C=O) groups is 1. The first-order valence-electron chi connectivity index (χ1n) is 9.11. The molecule has 0 unspecified atom stereocenters. The molecule has 0 radical (unpaired) electrons. The van der Waals surface area contributed by atoms with Gasteiger partial charge >= 0.3 is 0 Å². The molecule has 0 aliphatic heterocycles. The van der Waals surface area contributed by atoms with Gasteiger partial charge in [0.15, 0.2) is 0 Å². The predicted molar refractivity (Wildman–Crippen MR) is 111 cm³/mol. The molecule has 11 heteroatoms. The molecule has 1 N–H and O–H groups in total. The molecule has 1 aliphatic rings. The maximum absolute atomic E-state index is 12.4. The Labute approximate surface area is 179 Å². The van der Waals surface area contributed by atoms with Gasteiger partial charge < -0.3 is 9.73 Å². The van der Waals surface area contributed by atoms with Crippen LogP contribution in [-0.2, 0) is 17.6 Å². The topological polar surface area (TPSA) is 135 Å². The highest BCUT2D eigenvalue weighted by Gasteiger charge is 2.22. The number of nitriles is 1. The molecule has 0 atom stereocenters. The van der Waals surface area contributed by atoms with E-state index in [1.54, 1.807) is 6.07 Å². The number of hydrogen-bond donors (Lipinski definition) is 1. The molecule has 9 nitrogen and oxygen atoms in total. The quantitative estimate of drug-likeness (QED) is 0.342. The molecule has 3 aromatic rings. The van der Waals surface area contributed by atoms with Crippen LogP contribution in [0.15, 0.2) is 33.9 Å². The Morgan fingerprint density at radius 2 is 2.20 bits per heavy atom. The molecule has 1 aliphatic carbocycles. The van der Waals surface area contributed by atoms with Crippen molar-refractivity contribution < 1.29 is 14.1 Å². The zero-order valence-electron chi connectivity index (χ0n) is 15.6. The molecule has 30 heavy (non-hydrogen) atoms. The number of thioether (sulfide) groups is 1. The first kappa shape index (κ1) is 20.1. The van der Waals surface area contributed by atoms with E-state index in [-0.39, 0.29) is 28.5 Å². The van der Waals surface area contributed by atoms with Crippen LogP contribution in [0.2, 0.25) is 0 Å². The Kier molecular flexibility index (Phi) is 5.78. The lowest BCUT2D eigenvalue weighted by molar-refractivity contribution is -0.384. The first-order valence-corrected chi connectivity index (χ1v) is 10.9. The Hall–Kier alpha value is -3.23. The van der Waals surface area contributed by atoms with Gasteiger partial charge in [-0.05, 0) is 37.3 Å². The Morgan fingerprint density at radius 3 is 3.00 bits per heavy atom. The predicted octanol–water partition coefficient (Wildman–Crippen LogP) is 4.19. The summed E-state index contributed by atoms with van der Waals surface area (Å²) < 4.78 is 5.50. The Bertz CT molecular complexity index is 1160. The summed E-state index contributed by atoms with van der Waals surface area (Å²) in [6.45, 7) is 0. The summed E-state index contributed by atoms with van der Waals surface area (Å²) >= 11 is 2.53. The number of fused-ring (bicyclic) bond motifs is 1. The average molecular weight is 441 g/mol. The van der Waals surface area contributed by atoms with Gasteiger partial charge in [-0.1, -0.05) is 17.8 Å². The highest BCUT2D eigenvalue weighted by molar-refractivity contribution is 7.99. The molecule has 1 aromatic carbocycles. The van der Waals surface area contributed by atoms with Gasteiger partial charge in [-0.15, -0.1) is 21.5 Å². The van der Waals surface area contributed by atoms with Crippen LogP contribution in [0.5, 0.6) is 0 Å². The fourth-order valence-corrected chi connectivity index (χ4v) is 5.02. The third-order valence-corrected chi connectivity index (χ3v) is 6.60. The molecule has 1 amide bonds. The van der Waals surface area contributed by atoms with Crippen molar-refractivity contribution in [2.24, 2.45) is 0 Å². The minimum atomic E-state index is -0.502. The Balaban J connectivity index is 1.40. The number of nitrogens with zero attached hydrogens (tertiary/aromatic N) is 4. The normalized spacial score (nSPS) is 12.8. The van der Waals surface area contributed by atoms with Crippen LogP contribution in [0, 0.1) is 21.4 Å². The lowest BCUT2D eigenvalue weighted by atomic mass is 9.96. The van der Waals surface area contributed by atoms with Crippen molar-refractivity contribution in [2.75, 3.05) is 11.1 Å². The third kappa shape index (κ3) is 4.19. The van der Waals surface area contributed by atoms with Gasteiger partial charge in [0.25, 0.3) is 10.9 Å². The van der Waals surface area contributed by atoms with Crippen molar-refractivity contribution in [1.82, 2.24) is 10.2 Å². The van der Waals surface area contributed by atoms with Gasteiger partial charge in [-0.2, -0.15) is 5.26 Å². The number of aryl methyl sites for hydroxylation is 1. The van der Waals surface area contributed by atoms with Crippen LogP contribution in [-0.4, -0.2) is 26.8 Å². The maximum atomic E-state index is 12.4. The number of non-ortho nitro benzene ring substituents is 1. The number of nitro benzene ring substituents is 1. The summed E-state index contributed by atoms with van der Waals surface area (Å²) in [5, 5.41) is 31.7. The van der Waals surface area contributed by atoms with E-state index in [0.29, 0.717) is 16.1 Å². The van der Waals surface area contributed by atoms with Gasteiger partial charge in [-0.3, -0.25) is 14.9 Å². The van der Waals surface area contributed by atoms with Crippen LogP contribution < -0.4 is 5.32 Å². The number of benzene rings is 1. The standard InChI is InChI=1S/C19H15N5O4S2/c20-9-14-13-6-1-2-7-15(13)30-18(14)21-16(25)10-29-19-23-22-17(28-19)11-4-3-5-12(8-11)24(26)27/h3-5,8H,1-2,6-7,10H2,(H,21,25). The van der Waals surface area contributed by atoms with E-state index in [2.05, 4.69) is 21.6 Å².